The van der Waals surface area contributed by atoms with Gasteiger partial charge in [0.15, 0.2) is 11.6 Å². The van der Waals surface area contributed by atoms with Crippen LogP contribution in [0.25, 0.3) is 0 Å². The Morgan fingerprint density at radius 1 is 0.765 bits per heavy atom. The van der Waals surface area contributed by atoms with Crippen LogP contribution in [0.1, 0.15) is 32.6 Å². The van der Waals surface area contributed by atoms with Crippen LogP contribution in [0.15, 0.2) is 6.07 Å². The number of carbonyl (C=O) groups excluding carboxylic acids is 2. The summed E-state index contributed by atoms with van der Waals surface area (Å²) in [5.41, 5.74) is 0. The van der Waals surface area contributed by atoms with E-state index in [1.54, 1.807) is 0 Å². The van der Waals surface area contributed by atoms with Gasteiger partial charge in [0, 0.05) is 19.0 Å². The Hall–Kier alpha value is -2.28. The minimum Gasteiger partial charge on any atom is -0.420 e. The van der Waals surface area contributed by atoms with Crippen LogP contribution in [-0.2, 0) is 28.5 Å². The molecule has 1 aromatic carbocycles. The predicted octanol–water partition coefficient (Wildman–Crippen LogP) is 2.91. The lowest BCUT2D eigenvalue weighted by Crippen LogP contribution is -2.25. The molecule has 0 fully saturated rings. The summed E-state index contributed by atoms with van der Waals surface area (Å²) in [6.45, 7) is 4.59. The first-order valence-corrected chi connectivity index (χ1v) is 11.0. The third kappa shape index (κ3) is 12.8. The summed E-state index contributed by atoms with van der Waals surface area (Å²) in [4.78, 5) is 23.0. The van der Waals surface area contributed by atoms with Gasteiger partial charge in [-0.05, 0) is 6.42 Å². The molecule has 8 nitrogen and oxygen atoms in total. The molecule has 34 heavy (non-hydrogen) atoms. The molecular weight excluding hydrogens is 466 g/mol. The highest BCUT2D eigenvalue weighted by molar-refractivity contribution is 5.75. The first kappa shape index (κ1) is 29.8. The zero-order chi connectivity index (χ0) is 25.2. The quantitative estimate of drug-likeness (QED) is 0.103. The number of amides is 1. The lowest BCUT2D eigenvalue weighted by molar-refractivity contribution is -0.136. The number of carbonyl (C=O) groups is 2. The van der Waals surface area contributed by atoms with Crippen molar-refractivity contribution in [3.63, 3.8) is 0 Å². The van der Waals surface area contributed by atoms with Crippen LogP contribution in [0, 0.1) is 23.3 Å². The minimum atomic E-state index is -1.79. The molecule has 0 aliphatic heterocycles. The third-order valence-electron chi connectivity index (χ3n) is 4.18. The van der Waals surface area contributed by atoms with Gasteiger partial charge in [-0.1, -0.05) is 13.3 Å². The normalized spacial score (nSPS) is 11.0. The van der Waals surface area contributed by atoms with Crippen LogP contribution in [0.4, 0.5) is 17.6 Å². The maximum atomic E-state index is 13.4. The molecule has 0 radical (unpaired) electrons. The smallest absolute Gasteiger partial charge is 0.313 e. The Morgan fingerprint density at radius 2 is 1.24 bits per heavy atom. The molecule has 194 valence electrons. The molecule has 0 atom stereocenters. The van der Waals surface area contributed by atoms with Crippen molar-refractivity contribution in [1.82, 2.24) is 5.32 Å². The van der Waals surface area contributed by atoms with Gasteiger partial charge in [-0.15, -0.1) is 0 Å². The lowest BCUT2D eigenvalue weighted by Gasteiger charge is -2.09. The topological polar surface area (TPSA) is 92.3 Å². The maximum absolute atomic E-state index is 13.4. The largest absolute Gasteiger partial charge is 0.420 e. The van der Waals surface area contributed by atoms with Crippen LogP contribution in [0.2, 0.25) is 0 Å². The monoisotopic (exact) mass is 497 g/mol. The molecule has 0 aliphatic rings. The number of halogens is 4. The summed E-state index contributed by atoms with van der Waals surface area (Å²) in [5.74, 6) is -9.50. The van der Waals surface area contributed by atoms with E-state index in [1.165, 1.54) is 0 Å². The van der Waals surface area contributed by atoms with Crippen molar-refractivity contribution in [2.24, 2.45) is 0 Å². The Balaban J connectivity index is 1.94. The third-order valence-corrected chi connectivity index (χ3v) is 4.18. The highest BCUT2D eigenvalue weighted by atomic mass is 19.2. The Bertz CT molecular complexity index is 726. The number of nitrogens with one attached hydrogen (secondary N) is 1. The van der Waals surface area contributed by atoms with Gasteiger partial charge in [-0.2, -0.15) is 8.78 Å². The number of hydrogen-bond donors (Lipinski definition) is 1. The van der Waals surface area contributed by atoms with E-state index in [1.807, 2.05) is 0 Å². The number of ether oxygens (including phenoxy) is 5. The van der Waals surface area contributed by atoms with Gasteiger partial charge in [0.05, 0.1) is 59.3 Å². The van der Waals surface area contributed by atoms with E-state index in [0.29, 0.717) is 46.0 Å². The molecule has 0 saturated carbocycles. The number of unbranched alkanes of at least 4 members (excludes halogenated alkanes) is 1. The summed E-state index contributed by atoms with van der Waals surface area (Å²) in [6.07, 6.45) is 1.90. The van der Waals surface area contributed by atoms with Gasteiger partial charge in [0.2, 0.25) is 23.3 Å². The second-order valence-electron chi connectivity index (χ2n) is 6.92. The minimum absolute atomic E-state index is 0.0162. The average Bonchev–Trinajstić information content (AvgIpc) is 2.81. The highest BCUT2D eigenvalue weighted by Crippen LogP contribution is 2.26. The molecule has 0 spiro atoms. The summed E-state index contributed by atoms with van der Waals surface area (Å²) < 4.78 is 78.3. The molecule has 1 rings (SSSR count). The van der Waals surface area contributed by atoms with E-state index in [4.69, 9.17) is 18.9 Å². The summed E-state index contributed by atoms with van der Waals surface area (Å²) >= 11 is 0. The highest BCUT2D eigenvalue weighted by Gasteiger charge is 2.22. The van der Waals surface area contributed by atoms with Crippen molar-refractivity contribution in [3.05, 3.63) is 29.3 Å². The summed E-state index contributed by atoms with van der Waals surface area (Å²) in [5, 5.41) is 2.80. The van der Waals surface area contributed by atoms with Gasteiger partial charge < -0.3 is 29.0 Å². The number of benzene rings is 1. The fraction of sp³-hybridized carbons (Fsp3) is 0.636. The van der Waals surface area contributed by atoms with Crippen molar-refractivity contribution in [2.75, 3.05) is 59.4 Å². The summed E-state index contributed by atoms with van der Waals surface area (Å²) in [7, 11) is 0. The Morgan fingerprint density at radius 3 is 1.74 bits per heavy atom. The first-order valence-electron chi connectivity index (χ1n) is 11.0. The van der Waals surface area contributed by atoms with E-state index in [9.17, 15) is 27.2 Å². The molecule has 0 aliphatic carbocycles. The van der Waals surface area contributed by atoms with Crippen LogP contribution < -0.4 is 10.1 Å². The van der Waals surface area contributed by atoms with E-state index >= 15 is 0 Å². The lowest BCUT2D eigenvalue weighted by atomic mass is 10.3. The van der Waals surface area contributed by atoms with Crippen molar-refractivity contribution >= 4 is 11.9 Å². The predicted molar refractivity (Wildman–Crippen MR) is 112 cm³/mol. The van der Waals surface area contributed by atoms with Gasteiger partial charge in [-0.3, -0.25) is 9.59 Å². The van der Waals surface area contributed by atoms with E-state index in [0.717, 1.165) is 12.8 Å². The van der Waals surface area contributed by atoms with Crippen LogP contribution in [0.3, 0.4) is 0 Å². The van der Waals surface area contributed by atoms with Crippen LogP contribution in [0.5, 0.6) is 5.75 Å². The number of rotatable bonds is 19. The summed E-state index contributed by atoms with van der Waals surface area (Å²) in [6, 6.07) is 0.0162. The van der Waals surface area contributed by atoms with Gasteiger partial charge >= 0.3 is 5.97 Å². The van der Waals surface area contributed by atoms with Crippen molar-refractivity contribution in [3.8, 4) is 5.75 Å². The zero-order valence-electron chi connectivity index (χ0n) is 19.1. The average molecular weight is 497 g/mol. The van der Waals surface area contributed by atoms with Crippen LogP contribution in [-0.4, -0.2) is 71.3 Å². The SMILES string of the molecule is CCCCNC(=O)CCOCCOCCOCCOCCC(=O)Oc1c(F)c(F)cc(F)c1F. The first-order chi connectivity index (χ1) is 16.4. The molecule has 12 heteroatoms. The van der Waals surface area contributed by atoms with Crippen molar-refractivity contribution < 1.29 is 50.8 Å². The fourth-order valence-corrected chi connectivity index (χ4v) is 2.38. The fourth-order valence-electron chi connectivity index (χ4n) is 2.38. The zero-order valence-corrected chi connectivity index (χ0v) is 19.1. The number of hydrogen-bond acceptors (Lipinski definition) is 7. The van der Waals surface area contributed by atoms with Gasteiger partial charge in [0.1, 0.15) is 0 Å². The molecule has 1 N–H and O–H groups in total. The van der Waals surface area contributed by atoms with Crippen molar-refractivity contribution in [2.45, 2.75) is 32.6 Å². The van der Waals surface area contributed by atoms with Crippen LogP contribution >= 0.6 is 0 Å². The molecule has 1 amide bonds. The van der Waals surface area contributed by atoms with E-state index < -0.39 is 35.0 Å². The second-order valence-corrected chi connectivity index (χ2v) is 6.92. The molecule has 0 aromatic heterocycles. The molecule has 0 heterocycles. The van der Waals surface area contributed by atoms with Gasteiger partial charge in [0.25, 0.3) is 0 Å². The van der Waals surface area contributed by atoms with Crippen molar-refractivity contribution in [1.29, 1.82) is 0 Å². The second kappa shape index (κ2) is 18.1. The molecule has 1 aromatic rings. The maximum Gasteiger partial charge on any atom is 0.313 e. The van der Waals surface area contributed by atoms with E-state index in [-0.39, 0.29) is 38.2 Å². The molecule has 0 unspecified atom stereocenters. The number of esters is 1. The van der Waals surface area contributed by atoms with E-state index in [2.05, 4.69) is 17.0 Å². The Labute approximate surface area is 195 Å². The molecule has 0 saturated heterocycles. The Kier molecular flexibility index (Phi) is 15.8. The molecular formula is C22H31F4NO7. The molecule has 0 bridgehead atoms. The standard InChI is InChI=1S/C22H31F4NO7/c1-2-3-6-27-18(28)4-7-30-9-11-32-13-14-33-12-10-31-8-5-19(29)34-22-20(25)16(23)15-17(24)21(22)26/h15H,2-14H2,1H3,(H,27,28). The van der Waals surface area contributed by atoms with Gasteiger partial charge in [-0.25, -0.2) is 8.78 Å².